The van der Waals surface area contributed by atoms with Crippen LogP contribution in [0.15, 0.2) is 0 Å². The number of methoxy groups -OCH3 is 1. The number of ether oxygens (including phenoxy) is 1. The SMILES string of the molecule is CCc1nn(C)c(N(CCO)CCOC)c1N. The lowest BCUT2D eigenvalue weighted by atomic mass is 10.3. The number of nitrogen functional groups attached to an aromatic ring is 1. The zero-order valence-electron chi connectivity index (χ0n) is 10.8. The summed E-state index contributed by atoms with van der Waals surface area (Å²) < 4.78 is 6.82. The predicted molar refractivity (Wildman–Crippen MR) is 68.2 cm³/mol. The fourth-order valence-electron chi connectivity index (χ4n) is 1.87. The van der Waals surface area contributed by atoms with Gasteiger partial charge in [-0.15, -0.1) is 0 Å². The normalized spacial score (nSPS) is 10.8. The van der Waals surface area contributed by atoms with E-state index in [1.807, 2.05) is 18.9 Å². The topological polar surface area (TPSA) is 76.5 Å². The highest BCUT2D eigenvalue weighted by atomic mass is 16.5. The van der Waals surface area contributed by atoms with Crippen LogP contribution in [-0.4, -0.2) is 48.3 Å². The molecule has 0 aliphatic carbocycles. The number of anilines is 2. The van der Waals surface area contributed by atoms with Crippen LogP contribution in [0.2, 0.25) is 0 Å². The first-order valence-corrected chi connectivity index (χ1v) is 5.81. The van der Waals surface area contributed by atoms with Gasteiger partial charge in [-0.1, -0.05) is 6.92 Å². The molecule has 3 N–H and O–H groups in total. The minimum atomic E-state index is 0.0792. The van der Waals surface area contributed by atoms with Crippen molar-refractivity contribution in [1.29, 1.82) is 0 Å². The Kier molecular flexibility index (Phi) is 5.24. The second kappa shape index (κ2) is 6.46. The molecule has 0 spiro atoms. The van der Waals surface area contributed by atoms with Crippen molar-refractivity contribution in [2.75, 3.05) is 44.0 Å². The first-order valence-electron chi connectivity index (χ1n) is 5.81. The highest BCUT2D eigenvalue weighted by molar-refractivity contribution is 5.66. The fraction of sp³-hybridized carbons (Fsp3) is 0.727. The fourth-order valence-corrected chi connectivity index (χ4v) is 1.87. The van der Waals surface area contributed by atoms with Crippen LogP contribution in [0.3, 0.4) is 0 Å². The lowest BCUT2D eigenvalue weighted by Gasteiger charge is -2.23. The largest absolute Gasteiger partial charge is 0.395 e. The van der Waals surface area contributed by atoms with Crippen molar-refractivity contribution in [2.45, 2.75) is 13.3 Å². The van der Waals surface area contributed by atoms with Crippen LogP contribution in [0.1, 0.15) is 12.6 Å². The summed E-state index contributed by atoms with van der Waals surface area (Å²) >= 11 is 0. The number of nitrogens with zero attached hydrogens (tertiary/aromatic N) is 3. The molecule has 98 valence electrons. The van der Waals surface area contributed by atoms with Crippen molar-refractivity contribution in [3.63, 3.8) is 0 Å². The second-order valence-electron chi connectivity index (χ2n) is 3.86. The maximum Gasteiger partial charge on any atom is 0.150 e. The van der Waals surface area contributed by atoms with Crippen LogP contribution in [0.5, 0.6) is 0 Å². The van der Waals surface area contributed by atoms with Crippen molar-refractivity contribution in [3.05, 3.63) is 5.69 Å². The summed E-state index contributed by atoms with van der Waals surface area (Å²) in [5.41, 5.74) is 7.66. The highest BCUT2D eigenvalue weighted by Crippen LogP contribution is 2.26. The Balaban J connectivity index is 2.95. The highest BCUT2D eigenvalue weighted by Gasteiger charge is 2.17. The average Bonchev–Trinajstić information content (AvgIpc) is 2.60. The Bertz CT molecular complexity index is 351. The van der Waals surface area contributed by atoms with Crippen LogP contribution in [0, 0.1) is 0 Å². The molecule has 0 aliphatic heterocycles. The Labute approximate surface area is 102 Å². The maximum atomic E-state index is 9.09. The summed E-state index contributed by atoms with van der Waals surface area (Å²) in [6.07, 6.45) is 0.802. The molecule has 6 nitrogen and oxygen atoms in total. The van der Waals surface area contributed by atoms with Crippen molar-refractivity contribution in [2.24, 2.45) is 7.05 Å². The van der Waals surface area contributed by atoms with Gasteiger partial charge in [-0.25, -0.2) is 0 Å². The molecule has 0 saturated carbocycles. The molecule has 0 saturated heterocycles. The molecule has 0 fully saturated rings. The minimum absolute atomic E-state index is 0.0792. The van der Waals surface area contributed by atoms with Gasteiger partial charge in [-0.3, -0.25) is 4.68 Å². The van der Waals surface area contributed by atoms with Crippen LogP contribution in [-0.2, 0) is 18.2 Å². The third kappa shape index (κ3) is 3.10. The van der Waals surface area contributed by atoms with Gasteiger partial charge < -0.3 is 20.5 Å². The molecule has 1 heterocycles. The lowest BCUT2D eigenvalue weighted by molar-refractivity contribution is 0.202. The van der Waals surface area contributed by atoms with Crippen molar-refractivity contribution < 1.29 is 9.84 Å². The van der Waals surface area contributed by atoms with E-state index >= 15 is 0 Å². The van der Waals surface area contributed by atoms with Gasteiger partial charge in [0, 0.05) is 27.2 Å². The molecule has 0 radical (unpaired) electrons. The van der Waals surface area contributed by atoms with E-state index in [0.29, 0.717) is 25.4 Å². The zero-order chi connectivity index (χ0) is 12.8. The summed E-state index contributed by atoms with van der Waals surface area (Å²) in [6.45, 7) is 3.90. The zero-order valence-corrected chi connectivity index (χ0v) is 10.8. The summed E-state index contributed by atoms with van der Waals surface area (Å²) in [5, 5.41) is 13.5. The number of hydrogen-bond acceptors (Lipinski definition) is 5. The summed E-state index contributed by atoms with van der Waals surface area (Å²) in [4.78, 5) is 1.99. The summed E-state index contributed by atoms with van der Waals surface area (Å²) in [6, 6.07) is 0. The Hall–Kier alpha value is -1.27. The van der Waals surface area contributed by atoms with Crippen molar-refractivity contribution >= 4 is 11.5 Å². The van der Waals surface area contributed by atoms with Crippen LogP contribution in [0.25, 0.3) is 0 Å². The predicted octanol–water partition coefficient (Wildman–Crippen LogP) is 0.00980. The van der Waals surface area contributed by atoms with E-state index in [-0.39, 0.29) is 6.61 Å². The number of hydrogen-bond donors (Lipinski definition) is 2. The number of aryl methyl sites for hydroxylation is 2. The first-order chi connectivity index (χ1) is 8.15. The van der Waals surface area contributed by atoms with E-state index in [1.165, 1.54) is 0 Å². The molecule has 0 aliphatic rings. The maximum absolute atomic E-state index is 9.09. The Morgan fingerprint density at radius 3 is 2.65 bits per heavy atom. The summed E-state index contributed by atoms with van der Waals surface area (Å²) in [5.74, 6) is 0.855. The van der Waals surface area contributed by atoms with Gasteiger partial charge in [0.1, 0.15) is 0 Å². The van der Waals surface area contributed by atoms with E-state index in [2.05, 4.69) is 5.10 Å². The number of aliphatic hydroxyl groups excluding tert-OH is 1. The van der Waals surface area contributed by atoms with Gasteiger partial charge >= 0.3 is 0 Å². The third-order valence-electron chi connectivity index (χ3n) is 2.70. The molecule has 6 heteroatoms. The molecule has 0 unspecified atom stereocenters. The minimum Gasteiger partial charge on any atom is -0.395 e. The molecular weight excluding hydrogens is 220 g/mol. The number of aromatic nitrogens is 2. The second-order valence-corrected chi connectivity index (χ2v) is 3.86. The van der Waals surface area contributed by atoms with Gasteiger partial charge in [0.2, 0.25) is 0 Å². The van der Waals surface area contributed by atoms with E-state index < -0.39 is 0 Å². The molecule has 1 aromatic heterocycles. The number of nitrogens with two attached hydrogens (primary N) is 1. The van der Waals surface area contributed by atoms with Crippen LogP contribution in [0.4, 0.5) is 11.5 Å². The average molecular weight is 242 g/mol. The standard InChI is InChI=1S/C11H22N4O2/c1-4-9-10(12)11(14(2)13-9)15(5-7-16)6-8-17-3/h16H,4-8,12H2,1-3H3. The van der Waals surface area contributed by atoms with Gasteiger partial charge in [0.25, 0.3) is 0 Å². The lowest BCUT2D eigenvalue weighted by Crippen LogP contribution is -2.32. The van der Waals surface area contributed by atoms with E-state index in [4.69, 9.17) is 15.6 Å². The molecule has 1 rings (SSSR count). The summed E-state index contributed by atoms with van der Waals surface area (Å²) in [7, 11) is 3.52. The van der Waals surface area contributed by atoms with Crippen molar-refractivity contribution in [3.8, 4) is 0 Å². The Morgan fingerprint density at radius 2 is 2.18 bits per heavy atom. The van der Waals surface area contributed by atoms with Gasteiger partial charge in [-0.05, 0) is 6.42 Å². The van der Waals surface area contributed by atoms with Gasteiger partial charge in [-0.2, -0.15) is 5.10 Å². The van der Waals surface area contributed by atoms with Gasteiger partial charge in [0.15, 0.2) is 5.82 Å². The third-order valence-corrected chi connectivity index (χ3v) is 2.70. The first kappa shape index (κ1) is 13.8. The Morgan fingerprint density at radius 1 is 1.47 bits per heavy atom. The molecule has 0 aromatic carbocycles. The molecular formula is C11H22N4O2. The van der Waals surface area contributed by atoms with E-state index in [9.17, 15) is 0 Å². The smallest absolute Gasteiger partial charge is 0.150 e. The molecule has 1 aromatic rings. The molecule has 0 amide bonds. The molecule has 0 atom stereocenters. The quantitative estimate of drug-likeness (QED) is 0.704. The van der Waals surface area contributed by atoms with E-state index in [0.717, 1.165) is 17.9 Å². The van der Waals surface area contributed by atoms with Crippen molar-refractivity contribution in [1.82, 2.24) is 9.78 Å². The van der Waals surface area contributed by atoms with Crippen LogP contribution < -0.4 is 10.6 Å². The van der Waals surface area contributed by atoms with Crippen LogP contribution >= 0.6 is 0 Å². The van der Waals surface area contributed by atoms with E-state index in [1.54, 1.807) is 11.8 Å². The molecule has 0 bridgehead atoms. The monoisotopic (exact) mass is 242 g/mol. The number of aliphatic hydroxyl groups is 1. The van der Waals surface area contributed by atoms with Gasteiger partial charge in [0.05, 0.1) is 24.6 Å². The number of rotatable bonds is 7. The molecule has 17 heavy (non-hydrogen) atoms.